The molecule has 0 aliphatic carbocycles. The van der Waals surface area contributed by atoms with Gasteiger partial charge in [-0.2, -0.15) is 0 Å². The molecule has 3 rings (SSSR count). The Morgan fingerprint density at radius 1 is 1.17 bits per heavy atom. The minimum absolute atomic E-state index is 0.230. The summed E-state index contributed by atoms with van der Waals surface area (Å²) in [5.74, 6) is -0.905. The number of rotatable bonds is 1. The molecule has 2 heterocycles. The van der Waals surface area contributed by atoms with Gasteiger partial charge in [0.1, 0.15) is 17.5 Å². The van der Waals surface area contributed by atoms with Crippen LogP contribution in [0.25, 0.3) is 22.6 Å². The quantitative estimate of drug-likeness (QED) is 0.715. The van der Waals surface area contributed by atoms with E-state index in [4.69, 9.17) is 0 Å². The summed E-state index contributed by atoms with van der Waals surface area (Å²) in [6, 6.07) is 5.23. The molecule has 0 saturated heterocycles. The smallest absolute Gasteiger partial charge is 0.178 e. The highest BCUT2D eigenvalue weighted by Gasteiger charge is 2.12. The van der Waals surface area contributed by atoms with Crippen LogP contribution >= 0.6 is 0 Å². The summed E-state index contributed by atoms with van der Waals surface area (Å²) in [5.41, 5.74) is 2.49. The number of pyridine rings is 1. The molecule has 3 nitrogen and oxygen atoms in total. The van der Waals surface area contributed by atoms with E-state index >= 15 is 0 Å². The molecule has 0 aliphatic rings. The number of aromatic nitrogens is 3. The topological polar surface area (TPSA) is 41.6 Å². The van der Waals surface area contributed by atoms with Gasteiger partial charge >= 0.3 is 0 Å². The van der Waals surface area contributed by atoms with Crippen LogP contribution in [-0.2, 0) is 0 Å². The lowest BCUT2D eigenvalue weighted by molar-refractivity contribution is 0.585. The molecule has 1 aromatic carbocycles. The van der Waals surface area contributed by atoms with Crippen LogP contribution in [0.15, 0.2) is 30.5 Å². The lowest BCUT2D eigenvalue weighted by Gasteiger charge is -1.98. The third kappa shape index (κ3) is 1.64. The lowest BCUT2D eigenvalue weighted by Crippen LogP contribution is -1.87. The van der Waals surface area contributed by atoms with Gasteiger partial charge in [0.2, 0.25) is 0 Å². The van der Waals surface area contributed by atoms with E-state index in [2.05, 4.69) is 15.0 Å². The summed E-state index contributed by atoms with van der Waals surface area (Å²) in [5, 5.41) is 0. The average Bonchev–Trinajstić information content (AvgIpc) is 2.74. The molecule has 1 N–H and O–H groups in total. The Morgan fingerprint density at radius 2 is 2.00 bits per heavy atom. The number of imidazole rings is 1. The fourth-order valence-corrected chi connectivity index (χ4v) is 1.84. The van der Waals surface area contributed by atoms with Gasteiger partial charge in [0.05, 0.1) is 11.1 Å². The summed E-state index contributed by atoms with van der Waals surface area (Å²) in [6.45, 7) is 1.91. The molecule has 0 saturated carbocycles. The van der Waals surface area contributed by atoms with Gasteiger partial charge < -0.3 is 4.98 Å². The SMILES string of the molecule is Cc1ccnc2nc(-c3ccc(F)cc3F)[nH]c12. The van der Waals surface area contributed by atoms with Crippen molar-refractivity contribution >= 4 is 11.2 Å². The fraction of sp³-hybridized carbons (Fsp3) is 0.0769. The van der Waals surface area contributed by atoms with Crippen molar-refractivity contribution in [3.8, 4) is 11.4 Å². The third-order valence-electron chi connectivity index (χ3n) is 2.79. The first-order valence-corrected chi connectivity index (χ1v) is 5.42. The molecule has 0 unspecified atom stereocenters. The normalized spacial score (nSPS) is 11.1. The first kappa shape index (κ1) is 10.8. The second-order valence-electron chi connectivity index (χ2n) is 4.04. The molecule has 5 heteroatoms. The number of nitrogens with zero attached hydrogens (tertiary/aromatic N) is 2. The minimum atomic E-state index is -0.647. The first-order valence-electron chi connectivity index (χ1n) is 5.42. The second kappa shape index (κ2) is 3.87. The number of benzene rings is 1. The van der Waals surface area contributed by atoms with E-state index in [-0.39, 0.29) is 5.56 Å². The number of aromatic amines is 1. The van der Waals surface area contributed by atoms with Crippen molar-refractivity contribution in [2.45, 2.75) is 6.92 Å². The Labute approximate surface area is 102 Å². The summed E-state index contributed by atoms with van der Waals surface area (Å²) >= 11 is 0. The zero-order chi connectivity index (χ0) is 12.7. The Morgan fingerprint density at radius 3 is 2.72 bits per heavy atom. The van der Waals surface area contributed by atoms with Crippen LogP contribution in [0.3, 0.4) is 0 Å². The maximum Gasteiger partial charge on any atom is 0.178 e. The molecular weight excluding hydrogens is 236 g/mol. The summed E-state index contributed by atoms with van der Waals surface area (Å²) < 4.78 is 26.5. The lowest BCUT2D eigenvalue weighted by atomic mass is 10.2. The number of aryl methyl sites for hydroxylation is 1. The number of halogens is 2. The zero-order valence-electron chi connectivity index (χ0n) is 9.54. The van der Waals surface area contributed by atoms with Crippen molar-refractivity contribution in [2.75, 3.05) is 0 Å². The highest BCUT2D eigenvalue weighted by Crippen LogP contribution is 2.23. The van der Waals surface area contributed by atoms with E-state index in [0.717, 1.165) is 17.1 Å². The molecule has 3 aromatic rings. The Hall–Kier alpha value is -2.30. The monoisotopic (exact) mass is 245 g/mol. The van der Waals surface area contributed by atoms with Gasteiger partial charge in [-0.25, -0.2) is 18.7 Å². The van der Waals surface area contributed by atoms with Gasteiger partial charge in [-0.1, -0.05) is 0 Å². The third-order valence-corrected chi connectivity index (χ3v) is 2.79. The molecule has 90 valence electrons. The van der Waals surface area contributed by atoms with Gasteiger partial charge in [0.15, 0.2) is 5.65 Å². The van der Waals surface area contributed by atoms with E-state index < -0.39 is 11.6 Å². The van der Waals surface area contributed by atoms with E-state index in [1.54, 1.807) is 6.20 Å². The van der Waals surface area contributed by atoms with E-state index in [9.17, 15) is 8.78 Å². The number of hydrogen-bond acceptors (Lipinski definition) is 2. The van der Waals surface area contributed by atoms with Crippen molar-refractivity contribution in [2.24, 2.45) is 0 Å². The van der Waals surface area contributed by atoms with E-state index in [1.165, 1.54) is 12.1 Å². The van der Waals surface area contributed by atoms with Crippen LogP contribution in [0, 0.1) is 18.6 Å². The standard InChI is InChI=1S/C13H9F2N3/c1-7-4-5-16-13-11(7)17-12(18-13)9-3-2-8(14)6-10(9)15/h2-6H,1H3,(H,16,17,18). The van der Waals surface area contributed by atoms with Crippen molar-refractivity contribution < 1.29 is 8.78 Å². The van der Waals surface area contributed by atoms with Crippen LogP contribution < -0.4 is 0 Å². The number of nitrogens with one attached hydrogen (secondary N) is 1. The van der Waals surface area contributed by atoms with Crippen LogP contribution in [0.2, 0.25) is 0 Å². The van der Waals surface area contributed by atoms with Gasteiger partial charge in [-0.3, -0.25) is 0 Å². The largest absolute Gasteiger partial charge is 0.336 e. The Kier molecular flexibility index (Phi) is 2.33. The summed E-state index contributed by atoms with van der Waals surface area (Å²) in [7, 11) is 0. The van der Waals surface area contributed by atoms with Crippen molar-refractivity contribution in [1.82, 2.24) is 15.0 Å². The molecular formula is C13H9F2N3. The summed E-state index contributed by atoms with van der Waals surface area (Å²) in [6.07, 6.45) is 1.64. The first-order chi connectivity index (χ1) is 8.65. The Bertz CT molecular complexity index is 734. The van der Waals surface area contributed by atoms with E-state index in [0.29, 0.717) is 11.5 Å². The molecule has 0 spiro atoms. The van der Waals surface area contributed by atoms with Gasteiger partial charge in [-0.05, 0) is 30.7 Å². The molecule has 0 amide bonds. The van der Waals surface area contributed by atoms with Crippen LogP contribution in [0.1, 0.15) is 5.56 Å². The van der Waals surface area contributed by atoms with Crippen LogP contribution in [0.4, 0.5) is 8.78 Å². The molecule has 0 fully saturated rings. The fourth-order valence-electron chi connectivity index (χ4n) is 1.84. The highest BCUT2D eigenvalue weighted by atomic mass is 19.1. The van der Waals surface area contributed by atoms with E-state index in [1.807, 2.05) is 13.0 Å². The molecule has 0 atom stereocenters. The zero-order valence-corrected chi connectivity index (χ0v) is 9.54. The van der Waals surface area contributed by atoms with Crippen LogP contribution in [-0.4, -0.2) is 15.0 Å². The number of H-pyrrole nitrogens is 1. The van der Waals surface area contributed by atoms with Gasteiger partial charge in [0, 0.05) is 12.3 Å². The average molecular weight is 245 g/mol. The van der Waals surface area contributed by atoms with Crippen molar-refractivity contribution in [3.05, 3.63) is 47.7 Å². The van der Waals surface area contributed by atoms with Gasteiger partial charge in [-0.15, -0.1) is 0 Å². The maximum atomic E-state index is 13.6. The van der Waals surface area contributed by atoms with Crippen molar-refractivity contribution in [1.29, 1.82) is 0 Å². The number of hydrogen-bond donors (Lipinski definition) is 1. The molecule has 0 bridgehead atoms. The molecule has 18 heavy (non-hydrogen) atoms. The minimum Gasteiger partial charge on any atom is -0.336 e. The highest BCUT2D eigenvalue weighted by molar-refractivity contribution is 5.78. The van der Waals surface area contributed by atoms with Crippen molar-refractivity contribution in [3.63, 3.8) is 0 Å². The maximum absolute atomic E-state index is 13.6. The predicted octanol–water partition coefficient (Wildman–Crippen LogP) is 3.21. The van der Waals surface area contributed by atoms with Gasteiger partial charge in [0.25, 0.3) is 0 Å². The van der Waals surface area contributed by atoms with Crippen LogP contribution in [0.5, 0.6) is 0 Å². The summed E-state index contributed by atoms with van der Waals surface area (Å²) in [4.78, 5) is 11.3. The molecule has 0 aliphatic heterocycles. The molecule has 0 radical (unpaired) electrons. The Balaban J connectivity index is 2.23. The predicted molar refractivity (Wildman–Crippen MR) is 64.0 cm³/mol. The number of fused-ring (bicyclic) bond motifs is 1. The second-order valence-corrected chi connectivity index (χ2v) is 4.04. The molecule has 2 aromatic heterocycles.